The number of hydrogen-bond acceptors (Lipinski definition) is 7. The molecule has 0 saturated heterocycles. The lowest BCUT2D eigenvalue weighted by Crippen LogP contribution is -2.37. The smallest absolute Gasteiger partial charge is 0.338 e. The number of urea groups is 1. The molecule has 0 radical (unpaired) electrons. The summed E-state index contributed by atoms with van der Waals surface area (Å²) < 4.78 is 10.6. The van der Waals surface area contributed by atoms with Crippen LogP contribution in [0.4, 0.5) is 10.5 Å². The van der Waals surface area contributed by atoms with E-state index in [1.54, 1.807) is 35.6 Å². The van der Waals surface area contributed by atoms with Gasteiger partial charge in [-0.05, 0) is 62.2 Å². The van der Waals surface area contributed by atoms with Gasteiger partial charge in [-0.3, -0.25) is 10.1 Å². The molecular formula is C23H23N3O5S. The standard InChI is InChI=1S/C23H23N3O5S/c1-14-5-4-6-20(15(14)2)25-23(29)26-21(27)12-31-22(28)17-7-9-19(10-8-17)30-11-18-13-32-16(3)24-18/h4-10,13H,11-12H2,1-3H3,(H2,25,26,27,29). The van der Waals surface area contributed by atoms with Crippen LogP contribution >= 0.6 is 11.3 Å². The Bertz CT molecular complexity index is 1120. The summed E-state index contributed by atoms with van der Waals surface area (Å²) in [4.78, 5) is 40.4. The third-order valence-corrected chi connectivity index (χ3v) is 5.41. The molecule has 3 rings (SSSR count). The van der Waals surface area contributed by atoms with Gasteiger partial charge in [-0.2, -0.15) is 0 Å². The van der Waals surface area contributed by atoms with Crippen molar-refractivity contribution in [3.8, 4) is 5.75 Å². The predicted octanol–water partition coefficient (Wildman–Crippen LogP) is 4.15. The number of anilines is 1. The molecule has 3 amide bonds. The molecule has 2 N–H and O–H groups in total. The molecule has 32 heavy (non-hydrogen) atoms. The first kappa shape index (κ1) is 23.0. The number of rotatable bonds is 7. The number of carbonyl (C=O) groups is 3. The largest absolute Gasteiger partial charge is 0.487 e. The van der Waals surface area contributed by atoms with Crippen molar-refractivity contribution < 1.29 is 23.9 Å². The average Bonchev–Trinajstić information content (AvgIpc) is 3.19. The van der Waals surface area contributed by atoms with E-state index in [4.69, 9.17) is 9.47 Å². The molecule has 1 heterocycles. The summed E-state index contributed by atoms with van der Waals surface area (Å²) in [7, 11) is 0. The Morgan fingerprint density at radius 1 is 1.03 bits per heavy atom. The summed E-state index contributed by atoms with van der Waals surface area (Å²) in [5.74, 6) is -0.843. The van der Waals surface area contributed by atoms with Gasteiger partial charge < -0.3 is 14.8 Å². The Labute approximate surface area is 189 Å². The fraction of sp³-hybridized carbons (Fsp3) is 0.217. The summed E-state index contributed by atoms with van der Waals surface area (Å²) >= 11 is 1.55. The van der Waals surface area contributed by atoms with Crippen molar-refractivity contribution in [1.82, 2.24) is 10.3 Å². The second-order valence-electron chi connectivity index (χ2n) is 7.00. The number of esters is 1. The van der Waals surface area contributed by atoms with Gasteiger partial charge in [0, 0.05) is 11.1 Å². The van der Waals surface area contributed by atoms with E-state index < -0.39 is 24.5 Å². The van der Waals surface area contributed by atoms with Crippen LogP contribution in [0.1, 0.15) is 32.2 Å². The van der Waals surface area contributed by atoms with E-state index >= 15 is 0 Å². The second kappa shape index (κ2) is 10.5. The van der Waals surface area contributed by atoms with E-state index in [-0.39, 0.29) is 5.56 Å². The first-order chi connectivity index (χ1) is 15.3. The lowest BCUT2D eigenvalue weighted by molar-refractivity contribution is -0.123. The third kappa shape index (κ3) is 6.39. The van der Waals surface area contributed by atoms with E-state index in [2.05, 4.69) is 15.6 Å². The van der Waals surface area contributed by atoms with E-state index in [1.165, 1.54) is 12.1 Å². The minimum Gasteiger partial charge on any atom is -0.487 e. The molecule has 0 aliphatic rings. The van der Waals surface area contributed by atoms with Crippen molar-refractivity contribution in [3.05, 3.63) is 75.2 Å². The Kier molecular flexibility index (Phi) is 7.56. The molecule has 0 atom stereocenters. The van der Waals surface area contributed by atoms with Gasteiger partial charge in [0.05, 0.1) is 16.3 Å². The van der Waals surface area contributed by atoms with E-state index in [0.717, 1.165) is 21.8 Å². The molecule has 0 aliphatic carbocycles. The normalized spacial score (nSPS) is 10.3. The molecule has 9 heteroatoms. The maximum absolute atomic E-state index is 12.1. The Morgan fingerprint density at radius 2 is 1.78 bits per heavy atom. The fourth-order valence-corrected chi connectivity index (χ4v) is 3.33. The Morgan fingerprint density at radius 3 is 2.47 bits per heavy atom. The van der Waals surface area contributed by atoms with Crippen LogP contribution in [-0.2, 0) is 16.1 Å². The van der Waals surface area contributed by atoms with Crippen LogP contribution in [0.3, 0.4) is 0 Å². The molecular weight excluding hydrogens is 430 g/mol. The number of nitrogens with one attached hydrogen (secondary N) is 2. The summed E-state index contributed by atoms with van der Waals surface area (Å²) in [6, 6.07) is 11.1. The van der Waals surface area contributed by atoms with Crippen molar-refractivity contribution in [2.45, 2.75) is 27.4 Å². The van der Waals surface area contributed by atoms with E-state index in [1.807, 2.05) is 32.2 Å². The number of benzene rings is 2. The summed E-state index contributed by atoms with van der Waals surface area (Å²) in [6.45, 7) is 5.46. The maximum atomic E-state index is 12.1. The van der Waals surface area contributed by atoms with Crippen LogP contribution in [-0.4, -0.2) is 29.5 Å². The minimum absolute atomic E-state index is 0.259. The minimum atomic E-state index is -0.736. The Balaban J connectivity index is 1.43. The van der Waals surface area contributed by atoms with Gasteiger partial charge in [-0.1, -0.05) is 12.1 Å². The molecule has 0 unspecified atom stereocenters. The monoisotopic (exact) mass is 453 g/mol. The van der Waals surface area contributed by atoms with Gasteiger partial charge in [0.15, 0.2) is 6.61 Å². The van der Waals surface area contributed by atoms with Crippen LogP contribution in [0, 0.1) is 20.8 Å². The van der Waals surface area contributed by atoms with Crippen LogP contribution in [0.25, 0.3) is 0 Å². The first-order valence-corrected chi connectivity index (χ1v) is 10.7. The number of thiazole rings is 1. The maximum Gasteiger partial charge on any atom is 0.338 e. The van der Waals surface area contributed by atoms with E-state index in [9.17, 15) is 14.4 Å². The van der Waals surface area contributed by atoms with Crippen LogP contribution < -0.4 is 15.4 Å². The first-order valence-electron chi connectivity index (χ1n) is 9.80. The third-order valence-electron chi connectivity index (χ3n) is 4.58. The second-order valence-corrected chi connectivity index (χ2v) is 8.06. The van der Waals surface area contributed by atoms with Crippen molar-refractivity contribution in [2.75, 3.05) is 11.9 Å². The SMILES string of the molecule is Cc1nc(COc2ccc(C(=O)OCC(=O)NC(=O)Nc3cccc(C)c3C)cc2)cs1. The molecule has 1 aromatic heterocycles. The Hall–Kier alpha value is -3.72. The van der Waals surface area contributed by atoms with Crippen molar-refractivity contribution in [3.63, 3.8) is 0 Å². The fourth-order valence-electron chi connectivity index (χ4n) is 2.74. The molecule has 2 aromatic carbocycles. The molecule has 166 valence electrons. The zero-order valence-corrected chi connectivity index (χ0v) is 18.7. The van der Waals surface area contributed by atoms with Gasteiger partial charge in [-0.25, -0.2) is 14.6 Å². The van der Waals surface area contributed by atoms with Crippen molar-refractivity contribution >= 4 is 34.9 Å². The highest BCUT2D eigenvalue weighted by Gasteiger charge is 2.14. The molecule has 0 bridgehead atoms. The number of carbonyl (C=O) groups excluding carboxylic acids is 3. The average molecular weight is 454 g/mol. The highest BCUT2D eigenvalue weighted by atomic mass is 32.1. The van der Waals surface area contributed by atoms with Gasteiger partial charge >= 0.3 is 12.0 Å². The lowest BCUT2D eigenvalue weighted by atomic mass is 10.1. The number of aromatic nitrogens is 1. The lowest BCUT2D eigenvalue weighted by Gasteiger charge is -2.11. The molecule has 0 aliphatic heterocycles. The predicted molar refractivity (Wildman–Crippen MR) is 121 cm³/mol. The zero-order chi connectivity index (χ0) is 23.1. The van der Waals surface area contributed by atoms with Gasteiger partial charge in [0.25, 0.3) is 5.91 Å². The topological polar surface area (TPSA) is 107 Å². The summed E-state index contributed by atoms with van der Waals surface area (Å²) in [5, 5.41) is 7.63. The number of hydrogen-bond donors (Lipinski definition) is 2. The van der Waals surface area contributed by atoms with Crippen LogP contribution in [0.15, 0.2) is 47.8 Å². The van der Waals surface area contributed by atoms with E-state index in [0.29, 0.717) is 18.0 Å². The van der Waals surface area contributed by atoms with Crippen molar-refractivity contribution in [1.29, 1.82) is 0 Å². The molecule has 8 nitrogen and oxygen atoms in total. The number of imide groups is 1. The van der Waals surface area contributed by atoms with Crippen molar-refractivity contribution in [2.24, 2.45) is 0 Å². The number of ether oxygens (including phenoxy) is 2. The van der Waals surface area contributed by atoms with Crippen LogP contribution in [0.5, 0.6) is 5.75 Å². The molecule has 0 fully saturated rings. The number of amides is 3. The highest BCUT2D eigenvalue weighted by Crippen LogP contribution is 2.18. The molecule has 3 aromatic rings. The molecule has 0 spiro atoms. The molecule has 0 saturated carbocycles. The summed E-state index contributed by atoms with van der Waals surface area (Å²) in [5.41, 5.74) is 3.60. The number of aryl methyl sites for hydroxylation is 2. The van der Waals surface area contributed by atoms with Gasteiger partial charge in [0.2, 0.25) is 0 Å². The quantitative estimate of drug-likeness (QED) is 0.521. The van der Waals surface area contributed by atoms with Crippen LogP contribution in [0.2, 0.25) is 0 Å². The summed E-state index contributed by atoms with van der Waals surface area (Å²) in [6.07, 6.45) is 0. The number of nitrogens with zero attached hydrogens (tertiary/aromatic N) is 1. The zero-order valence-electron chi connectivity index (χ0n) is 17.9. The highest BCUT2D eigenvalue weighted by molar-refractivity contribution is 7.09. The van der Waals surface area contributed by atoms with Gasteiger partial charge in [-0.15, -0.1) is 11.3 Å². The van der Waals surface area contributed by atoms with Gasteiger partial charge in [0.1, 0.15) is 12.4 Å².